The van der Waals surface area contributed by atoms with Crippen molar-refractivity contribution in [3.05, 3.63) is 57.6 Å². The second-order valence-corrected chi connectivity index (χ2v) is 8.84. The largest absolute Gasteiger partial charge is 0.482 e. The number of carbonyl (C=O) groups excluding carboxylic acids is 4. The van der Waals surface area contributed by atoms with E-state index in [1.807, 2.05) is 6.26 Å². The zero-order chi connectivity index (χ0) is 24.0. The van der Waals surface area contributed by atoms with Gasteiger partial charge in [0.1, 0.15) is 11.8 Å². The van der Waals surface area contributed by atoms with Crippen LogP contribution in [0.2, 0.25) is 10.0 Å². The van der Waals surface area contributed by atoms with Gasteiger partial charge in [0, 0.05) is 10.6 Å². The van der Waals surface area contributed by atoms with Gasteiger partial charge in [-0.1, -0.05) is 23.2 Å². The average Bonchev–Trinajstić information content (AvgIpc) is 2.79. The first kappa shape index (κ1) is 24.9. The highest BCUT2D eigenvalue weighted by Crippen LogP contribution is 2.28. The number of anilines is 1. The zero-order valence-corrected chi connectivity index (χ0v) is 19.8. The molecule has 0 fully saturated rings. The van der Waals surface area contributed by atoms with Crippen molar-refractivity contribution in [1.82, 2.24) is 5.32 Å². The highest BCUT2D eigenvalue weighted by atomic mass is 35.5. The molecule has 1 aliphatic heterocycles. The standard InChI is InChI=1S/C22H20Cl2N2O6S/c1-33-7-6-16(26-21(29)14-4-3-13(23)9-15(14)24)22(30)32-10-18(27)12-2-5-19-17(8-12)25-20(28)11-31-19/h2-5,8-9,16H,6-7,10-11H2,1H3,(H,25,28)(H,26,29)/t16-/m1/s1. The Morgan fingerprint density at radius 1 is 1.21 bits per heavy atom. The van der Waals surface area contributed by atoms with Crippen molar-refractivity contribution in [3.8, 4) is 5.75 Å². The van der Waals surface area contributed by atoms with Crippen molar-refractivity contribution in [1.29, 1.82) is 0 Å². The normalized spacial score (nSPS) is 13.2. The van der Waals surface area contributed by atoms with Gasteiger partial charge < -0.3 is 20.1 Å². The van der Waals surface area contributed by atoms with E-state index in [9.17, 15) is 19.2 Å². The molecule has 1 heterocycles. The summed E-state index contributed by atoms with van der Waals surface area (Å²) in [6, 6.07) is 7.96. The third kappa shape index (κ3) is 6.63. The predicted molar refractivity (Wildman–Crippen MR) is 127 cm³/mol. The van der Waals surface area contributed by atoms with Crippen LogP contribution in [0.5, 0.6) is 5.75 Å². The van der Waals surface area contributed by atoms with Crippen LogP contribution in [0.15, 0.2) is 36.4 Å². The lowest BCUT2D eigenvalue weighted by molar-refractivity contribution is -0.144. The van der Waals surface area contributed by atoms with E-state index in [1.165, 1.54) is 42.1 Å². The molecule has 0 spiro atoms. The van der Waals surface area contributed by atoms with Gasteiger partial charge in [-0.3, -0.25) is 14.4 Å². The van der Waals surface area contributed by atoms with Gasteiger partial charge in [-0.15, -0.1) is 0 Å². The van der Waals surface area contributed by atoms with E-state index in [0.29, 0.717) is 28.6 Å². The van der Waals surface area contributed by atoms with Gasteiger partial charge in [-0.2, -0.15) is 11.8 Å². The lowest BCUT2D eigenvalue weighted by Gasteiger charge is -2.19. The molecular formula is C22H20Cl2N2O6S. The van der Waals surface area contributed by atoms with Crippen LogP contribution < -0.4 is 15.4 Å². The van der Waals surface area contributed by atoms with E-state index in [2.05, 4.69) is 10.6 Å². The maximum absolute atomic E-state index is 12.6. The lowest BCUT2D eigenvalue weighted by atomic mass is 10.1. The second kappa shape index (κ2) is 11.4. The smallest absolute Gasteiger partial charge is 0.329 e. The highest BCUT2D eigenvalue weighted by Gasteiger charge is 2.25. The van der Waals surface area contributed by atoms with E-state index < -0.39 is 30.3 Å². The number of benzene rings is 2. The SMILES string of the molecule is CSCC[C@@H](NC(=O)c1ccc(Cl)cc1Cl)C(=O)OCC(=O)c1ccc2c(c1)NC(=O)CO2. The number of ketones is 1. The molecule has 2 amide bonds. The van der Waals surface area contributed by atoms with Gasteiger partial charge in [0.25, 0.3) is 11.8 Å². The minimum absolute atomic E-state index is 0.0949. The Kier molecular flexibility index (Phi) is 8.60. The minimum Gasteiger partial charge on any atom is -0.482 e. The molecule has 0 saturated carbocycles. The number of carbonyl (C=O) groups is 4. The first-order chi connectivity index (χ1) is 15.8. The molecule has 1 aliphatic rings. The van der Waals surface area contributed by atoms with Crippen molar-refractivity contribution in [2.75, 3.05) is 30.5 Å². The van der Waals surface area contributed by atoms with Crippen LogP contribution >= 0.6 is 35.0 Å². The molecule has 2 N–H and O–H groups in total. The molecule has 0 radical (unpaired) electrons. The Hall–Kier alpha value is -2.75. The third-order valence-electron chi connectivity index (χ3n) is 4.66. The fraction of sp³-hybridized carbons (Fsp3) is 0.273. The molecular weight excluding hydrogens is 491 g/mol. The van der Waals surface area contributed by atoms with Gasteiger partial charge in [-0.25, -0.2) is 4.79 Å². The number of fused-ring (bicyclic) bond motifs is 1. The van der Waals surface area contributed by atoms with Gasteiger partial charge in [0.15, 0.2) is 19.0 Å². The van der Waals surface area contributed by atoms with E-state index in [-0.39, 0.29) is 28.7 Å². The molecule has 11 heteroatoms. The third-order valence-corrected chi connectivity index (χ3v) is 5.85. The molecule has 2 aromatic carbocycles. The number of thioether (sulfide) groups is 1. The number of amides is 2. The number of hydrogen-bond donors (Lipinski definition) is 2. The number of esters is 1. The second-order valence-electron chi connectivity index (χ2n) is 7.01. The van der Waals surface area contributed by atoms with Crippen molar-refractivity contribution >= 4 is 64.2 Å². The average molecular weight is 511 g/mol. The Morgan fingerprint density at radius 2 is 2.00 bits per heavy atom. The molecule has 0 aromatic heterocycles. The van der Waals surface area contributed by atoms with Gasteiger partial charge in [0.05, 0.1) is 16.3 Å². The summed E-state index contributed by atoms with van der Waals surface area (Å²) in [6.07, 6.45) is 2.16. The first-order valence-electron chi connectivity index (χ1n) is 9.80. The molecule has 0 aliphatic carbocycles. The molecule has 3 rings (SSSR count). The van der Waals surface area contributed by atoms with Crippen LogP contribution in [0.25, 0.3) is 0 Å². The fourth-order valence-corrected chi connectivity index (χ4v) is 3.94. The summed E-state index contributed by atoms with van der Waals surface area (Å²) >= 11 is 13.4. The molecule has 0 bridgehead atoms. The number of ether oxygens (including phenoxy) is 2. The van der Waals surface area contributed by atoms with E-state index in [1.54, 1.807) is 6.07 Å². The van der Waals surface area contributed by atoms with Crippen LogP contribution in [0.3, 0.4) is 0 Å². The van der Waals surface area contributed by atoms with Crippen molar-refractivity contribution in [3.63, 3.8) is 0 Å². The number of halogens is 2. The van der Waals surface area contributed by atoms with Crippen molar-refractivity contribution < 1.29 is 28.7 Å². The van der Waals surface area contributed by atoms with E-state index in [4.69, 9.17) is 32.7 Å². The van der Waals surface area contributed by atoms with Crippen LogP contribution in [0, 0.1) is 0 Å². The topological polar surface area (TPSA) is 111 Å². The summed E-state index contributed by atoms with van der Waals surface area (Å²) < 4.78 is 10.4. The molecule has 33 heavy (non-hydrogen) atoms. The van der Waals surface area contributed by atoms with Crippen LogP contribution in [-0.2, 0) is 14.3 Å². The zero-order valence-electron chi connectivity index (χ0n) is 17.5. The van der Waals surface area contributed by atoms with Crippen molar-refractivity contribution in [2.45, 2.75) is 12.5 Å². The summed E-state index contributed by atoms with van der Waals surface area (Å²) in [4.78, 5) is 49.2. The van der Waals surface area contributed by atoms with Gasteiger partial charge in [-0.05, 0) is 54.8 Å². The van der Waals surface area contributed by atoms with Gasteiger partial charge >= 0.3 is 5.97 Å². The highest BCUT2D eigenvalue weighted by molar-refractivity contribution is 7.98. The van der Waals surface area contributed by atoms with Crippen LogP contribution in [-0.4, -0.2) is 54.8 Å². The Bertz CT molecular complexity index is 1090. The number of hydrogen-bond acceptors (Lipinski definition) is 7. The predicted octanol–water partition coefficient (Wildman–Crippen LogP) is 3.60. The number of rotatable bonds is 9. The number of Topliss-reactive ketones (excluding diaryl/α,β-unsaturated/α-hetero) is 1. The Morgan fingerprint density at radius 3 is 2.73 bits per heavy atom. The summed E-state index contributed by atoms with van der Waals surface area (Å²) in [5, 5.41) is 5.75. The van der Waals surface area contributed by atoms with E-state index >= 15 is 0 Å². The van der Waals surface area contributed by atoms with E-state index in [0.717, 1.165) is 0 Å². The molecule has 1 atom stereocenters. The number of nitrogens with one attached hydrogen (secondary N) is 2. The molecule has 8 nitrogen and oxygen atoms in total. The summed E-state index contributed by atoms with van der Waals surface area (Å²) in [6.45, 7) is -0.623. The quantitative estimate of drug-likeness (QED) is 0.391. The Labute approximate surface area is 204 Å². The molecule has 2 aromatic rings. The fourth-order valence-electron chi connectivity index (χ4n) is 2.97. The first-order valence-corrected chi connectivity index (χ1v) is 11.9. The summed E-state index contributed by atoms with van der Waals surface area (Å²) in [5.41, 5.74) is 0.774. The molecule has 0 unspecified atom stereocenters. The molecule has 0 saturated heterocycles. The maximum atomic E-state index is 12.6. The van der Waals surface area contributed by atoms with Crippen molar-refractivity contribution in [2.24, 2.45) is 0 Å². The van der Waals surface area contributed by atoms with Crippen LogP contribution in [0.4, 0.5) is 5.69 Å². The maximum Gasteiger partial charge on any atom is 0.329 e. The summed E-state index contributed by atoms with van der Waals surface area (Å²) in [5.74, 6) is -1.08. The van der Waals surface area contributed by atoms with Gasteiger partial charge in [0.2, 0.25) is 0 Å². The molecule has 174 valence electrons. The Balaban J connectivity index is 1.63. The minimum atomic E-state index is -0.972. The lowest BCUT2D eigenvalue weighted by Crippen LogP contribution is -2.42. The summed E-state index contributed by atoms with van der Waals surface area (Å²) in [7, 11) is 0. The van der Waals surface area contributed by atoms with Crippen LogP contribution in [0.1, 0.15) is 27.1 Å². The monoisotopic (exact) mass is 510 g/mol.